The van der Waals surface area contributed by atoms with Crippen LogP contribution in [0.25, 0.3) is 11.0 Å². The molecule has 11 rings (SSSR count). The number of fused-ring (bicyclic) bond motifs is 2. The van der Waals surface area contributed by atoms with E-state index in [1.165, 1.54) is 42.9 Å². The molecule has 1 spiro atoms. The van der Waals surface area contributed by atoms with Gasteiger partial charge in [0.25, 0.3) is 21.6 Å². The summed E-state index contributed by atoms with van der Waals surface area (Å²) in [5.74, 6) is 0.225. The highest BCUT2D eigenvalue weighted by Crippen LogP contribution is 2.55. The molecule has 3 aliphatic carbocycles. The van der Waals surface area contributed by atoms with Crippen molar-refractivity contribution in [2.75, 3.05) is 48.3 Å². The van der Waals surface area contributed by atoms with E-state index in [9.17, 15) is 33.5 Å². The standard InChI is InChI=1S/C54H66N8O9S/c1-33(2)39-7-4-5-8-40(39)43-9-6-22-61(43)37-29-53(30-37)19-23-60(24-20-53)36-10-11-41(45(26-36)71-47-25-35-14-21-55-49(35)58-50(47)56-32-54(65)17-18-54)51(63)59-72(68,69)38-27-44(62(66)67)48-46(28-38)70-31-42(57-48)34-12-15-52(3,64)16-13-34/h4-5,7-8,10-11,14,21,25-28,33-34,37,42-43,57,64-65H,6,9,12-13,15-20,22-24,29-32H2,1-3H3,(H,59,63)(H2,55,56,58)/t34?,42-,43+,52?/m1/s1. The van der Waals surface area contributed by atoms with Gasteiger partial charge in [-0.25, -0.2) is 18.1 Å². The number of nitrogens with one attached hydrogen (secondary N) is 4. The van der Waals surface area contributed by atoms with Crippen molar-refractivity contribution in [3.8, 4) is 17.2 Å². The number of amides is 1. The number of anilines is 3. The van der Waals surface area contributed by atoms with Gasteiger partial charge in [-0.2, -0.15) is 0 Å². The van der Waals surface area contributed by atoms with E-state index >= 15 is 0 Å². The second-order valence-electron chi connectivity index (χ2n) is 22.2. The first kappa shape index (κ1) is 48.3. The molecular weight excluding hydrogens is 937 g/mol. The third-order valence-electron chi connectivity index (χ3n) is 16.8. The summed E-state index contributed by atoms with van der Waals surface area (Å²) in [7, 11) is -4.72. The summed E-state index contributed by atoms with van der Waals surface area (Å²) in [6.45, 7) is 9.47. The Bertz CT molecular complexity index is 3000. The van der Waals surface area contributed by atoms with Gasteiger partial charge in [0.05, 0.1) is 32.6 Å². The van der Waals surface area contributed by atoms with Crippen LogP contribution in [0.5, 0.6) is 17.2 Å². The number of nitrogens with zero attached hydrogens (tertiary/aromatic N) is 4. The molecule has 17 nitrogen and oxygen atoms in total. The Hall–Kier alpha value is -5.95. The van der Waals surface area contributed by atoms with Crippen LogP contribution in [0, 0.1) is 21.4 Å². The molecule has 5 heterocycles. The Morgan fingerprint density at radius 3 is 2.47 bits per heavy atom. The predicted octanol–water partition coefficient (Wildman–Crippen LogP) is 9.14. The minimum atomic E-state index is -4.72. The third-order valence-corrected chi connectivity index (χ3v) is 18.1. The van der Waals surface area contributed by atoms with Crippen molar-refractivity contribution in [1.29, 1.82) is 0 Å². The number of H-pyrrole nitrogens is 1. The van der Waals surface area contributed by atoms with E-state index in [-0.39, 0.29) is 59.0 Å². The second kappa shape index (κ2) is 18.5. The summed E-state index contributed by atoms with van der Waals surface area (Å²) in [6, 6.07) is 20.6. The molecule has 5 fully saturated rings. The number of sulfonamides is 1. The molecule has 0 radical (unpaired) electrons. The molecule has 2 aromatic heterocycles. The van der Waals surface area contributed by atoms with E-state index in [4.69, 9.17) is 14.5 Å². The first-order chi connectivity index (χ1) is 34.4. The molecule has 0 bridgehead atoms. The lowest BCUT2D eigenvalue weighted by Gasteiger charge is -2.56. The molecule has 1 amide bonds. The van der Waals surface area contributed by atoms with Crippen LogP contribution in [0.2, 0.25) is 0 Å². The Balaban J connectivity index is 0.840. The van der Waals surface area contributed by atoms with Crippen LogP contribution in [0.1, 0.15) is 131 Å². The SMILES string of the molecule is CC(C)c1ccccc1[C@@H]1CCCN1C1CC2(CCN(c3ccc(C(=O)NS(=O)(=O)c4cc5c(c([N+](=O)[O-])c4)N[C@@H](C4CCC(C)(O)CC4)CO5)c(Oc4cc5cc[nH]c5nc4NCC4(O)CC4)c3)CC2)C1. The normalized spacial score (nSPS) is 24.8. The summed E-state index contributed by atoms with van der Waals surface area (Å²) in [6.07, 6.45) is 12.4. The van der Waals surface area contributed by atoms with Gasteiger partial charge < -0.3 is 40.2 Å². The van der Waals surface area contributed by atoms with Crippen LogP contribution in [0.15, 0.2) is 77.8 Å². The molecule has 6 N–H and O–H groups in total. The van der Waals surface area contributed by atoms with Crippen LogP contribution in [0.3, 0.4) is 0 Å². The average molecular weight is 1000 g/mol. The zero-order valence-corrected chi connectivity index (χ0v) is 42.1. The Morgan fingerprint density at radius 2 is 1.74 bits per heavy atom. The number of benzene rings is 3. The lowest BCUT2D eigenvalue weighted by molar-refractivity contribution is -0.384. The quantitative estimate of drug-likeness (QED) is 0.0451. The Kier molecular flexibility index (Phi) is 12.4. The van der Waals surface area contributed by atoms with Gasteiger partial charge in [0.1, 0.15) is 18.0 Å². The van der Waals surface area contributed by atoms with Gasteiger partial charge in [-0.15, -0.1) is 0 Å². The molecule has 2 atom stereocenters. The zero-order chi connectivity index (χ0) is 50.2. The van der Waals surface area contributed by atoms with Crippen molar-refractivity contribution in [2.45, 2.75) is 138 Å². The number of aliphatic hydroxyl groups is 2. The summed E-state index contributed by atoms with van der Waals surface area (Å²) < 4.78 is 43.2. The van der Waals surface area contributed by atoms with Crippen LogP contribution in [-0.2, 0) is 10.0 Å². The maximum absolute atomic E-state index is 14.4. The van der Waals surface area contributed by atoms with E-state index in [0.717, 1.165) is 49.6 Å². The fourth-order valence-electron chi connectivity index (χ4n) is 12.3. The second-order valence-corrected chi connectivity index (χ2v) is 23.9. The lowest BCUT2D eigenvalue weighted by Crippen LogP contribution is -2.54. The number of nitro groups is 1. The van der Waals surface area contributed by atoms with Crippen LogP contribution in [-0.4, -0.2) is 100 Å². The fraction of sp³-hybridized carbons (Fsp3) is 0.519. The third kappa shape index (κ3) is 9.58. The van der Waals surface area contributed by atoms with E-state index in [1.54, 1.807) is 37.4 Å². The average Bonchev–Trinajstić information content (AvgIpc) is 3.65. The largest absolute Gasteiger partial charge is 0.489 e. The first-order valence-electron chi connectivity index (χ1n) is 25.8. The van der Waals surface area contributed by atoms with Gasteiger partial charge >= 0.3 is 0 Å². The molecule has 3 aromatic carbocycles. The number of carbonyl (C=O) groups is 1. The van der Waals surface area contributed by atoms with Crippen LogP contribution >= 0.6 is 0 Å². The van der Waals surface area contributed by atoms with Crippen molar-refractivity contribution >= 4 is 49.8 Å². The number of hydrogen-bond acceptors (Lipinski definition) is 14. The monoisotopic (exact) mass is 1000 g/mol. The molecule has 6 aliphatic rings. The van der Waals surface area contributed by atoms with E-state index < -0.39 is 42.6 Å². The topological polar surface area (TPSA) is 225 Å². The highest BCUT2D eigenvalue weighted by Gasteiger charge is 2.50. The van der Waals surface area contributed by atoms with Gasteiger partial charge in [0.15, 0.2) is 23.0 Å². The van der Waals surface area contributed by atoms with Crippen LogP contribution < -0.4 is 29.7 Å². The highest BCUT2D eigenvalue weighted by molar-refractivity contribution is 7.90. The smallest absolute Gasteiger partial charge is 0.297 e. The number of hydrogen-bond donors (Lipinski definition) is 6. The highest BCUT2D eigenvalue weighted by atomic mass is 32.2. The molecule has 2 saturated heterocycles. The molecule has 3 aliphatic heterocycles. The van der Waals surface area contributed by atoms with E-state index in [0.29, 0.717) is 68.0 Å². The maximum Gasteiger partial charge on any atom is 0.297 e. The molecule has 3 saturated carbocycles. The molecule has 72 heavy (non-hydrogen) atoms. The number of aromatic amines is 1. The minimum absolute atomic E-state index is 0.0126. The number of pyridine rings is 1. The number of rotatable bonds is 14. The summed E-state index contributed by atoms with van der Waals surface area (Å²) >= 11 is 0. The number of nitro benzene ring substituents is 1. The molecule has 5 aromatic rings. The van der Waals surface area contributed by atoms with E-state index in [2.05, 4.69) is 68.3 Å². The lowest BCUT2D eigenvalue weighted by atomic mass is 9.59. The Labute approximate surface area is 420 Å². The fourth-order valence-corrected chi connectivity index (χ4v) is 13.3. The van der Waals surface area contributed by atoms with Crippen molar-refractivity contribution in [2.24, 2.45) is 11.3 Å². The number of carbonyl (C=O) groups excluding carboxylic acids is 1. The summed E-state index contributed by atoms with van der Waals surface area (Å²) in [5.41, 5.74) is 2.45. The van der Waals surface area contributed by atoms with Crippen LogP contribution in [0.4, 0.5) is 22.9 Å². The molecular formula is C54H66N8O9S. The van der Waals surface area contributed by atoms with Gasteiger partial charge in [0, 0.05) is 67.2 Å². The van der Waals surface area contributed by atoms with Gasteiger partial charge in [-0.3, -0.25) is 19.8 Å². The van der Waals surface area contributed by atoms with Crippen molar-refractivity contribution in [3.63, 3.8) is 0 Å². The number of likely N-dealkylation sites (tertiary alicyclic amines) is 1. The van der Waals surface area contributed by atoms with Gasteiger partial charge in [0.2, 0.25) is 0 Å². The van der Waals surface area contributed by atoms with E-state index in [1.807, 2.05) is 6.07 Å². The molecule has 0 unspecified atom stereocenters. The summed E-state index contributed by atoms with van der Waals surface area (Å²) in [5, 5.41) is 40.9. The van der Waals surface area contributed by atoms with Crippen molar-refractivity contribution < 1.29 is 37.8 Å². The number of piperidine rings is 1. The summed E-state index contributed by atoms with van der Waals surface area (Å²) in [4.78, 5) is 38.7. The molecule has 18 heteroatoms. The van der Waals surface area contributed by atoms with Crippen molar-refractivity contribution in [1.82, 2.24) is 19.6 Å². The zero-order valence-electron chi connectivity index (χ0n) is 41.3. The maximum atomic E-state index is 14.4. The number of aromatic nitrogens is 2. The molecule has 382 valence electrons. The van der Waals surface area contributed by atoms with Gasteiger partial charge in [-0.05, 0) is 143 Å². The van der Waals surface area contributed by atoms with Crippen molar-refractivity contribution in [3.05, 3.63) is 99.7 Å². The first-order valence-corrected chi connectivity index (χ1v) is 27.3. The van der Waals surface area contributed by atoms with Gasteiger partial charge in [-0.1, -0.05) is 38.1 Å². The minimum Gasteiger partial charge on any atom is -0.489 e. The predicted molar refractivity (Wildman–Crippen MR) is 275 cm³/mol. The number of ether oxygens (including phenoxy) is 2. The Morgan fingerprint density at radius 1 is 0.972 bits per heavy atom.